The van der Waals surface area contributed by atoms with E-state index < -0.39 is 5.82 Å². The van der Waals surface area contributed by atoms with Gasteiger partial charge < -0.3 is 4.90 Å². The number of hydrogen-bond donors (Lipinski definition) is 0. The third-order valence-corrected chi connectivity index (χ3v) is 3.69. The van der Waals surface area contributed by atoms with E-state index in [-0.39, 0.29) is 11.5 Å². The summed E-state index contributed by atoms with van der Waals surface area (Å²) in [4.78, 5) is 13.8. The summed E-state index contributed by atoms with van der Waals surface area (Å²) < 4.78 is 14.4. The van der Waals surface area contributed by atoms with Crippen LogP contribution in [0.25, 0.3) is 0 Å². The molecule has 0 aliphatic heterocycles. The smallest absolute Gasteiger partial charge is 0.260 e. The van der Waals surface area contributed by atoms with E-state index in [1.165, 1.54) is 22.6 Å². The van der Waals surface area contributed by atoms with Gasteiger partial charge in [-0.1, -0.05) is 35.0 Å². The number of benzene rings is 2. The Morgan fingerprint density at radius 3 is 2.40 bits per heavy atom. The van der Waals surface area contributed by atoms with Crippen LogP contribution in [0.1, 0.15) is 22.8 Å². The highest BCUT2D eigenvalue weighted by molar-refractivity contribution is 9.10. The van der Waals surface area contributed by atoms with Crippen LogP contribution < -0.4 is 4.90 Å². The van der Waals surface area contributed by atoms with Gasteiger partial charge in [-0.25, -0.2) is 4.39 Å². The summed E-state index contributed by atoms with van der Waals surface area (Å²) >= 11 is 3.18. The molecule has 0 bridgehead atoms. The zero-order valence-corrected chi connectivity index (χ0v) is 12.9. The zero-order valence-electron chi connectivity index (χ0n) is 11.4. The zero-order chi connectivity index (χ0) is 14.7. The maximum atomic E-state index is 13.8. The van der Waals surface area contributed by atoms with Gasteiger partial charge in [0, 0.05) is 17.2 Å². The van der Waals surface area contributed by atoms with Gasteiger partial charge in [-0.3, -0.25) is 4.79 Å². The van der Waals surface area contributed by atoms with Crippen LogP contribution in [0, 0.1) is 5.82 Å². The number of halogens is 2. The number of amides is 1. The third kappa shape index (κ3) is 3.07. The van der Waals surface area contributed by atoms with E-state index >= 15 is 0 Å². The first-order valence-electron chi connectivity index (χ1n) is 6.35. The van der Waals surface area contributed by atoms with Crippen LogP contribution in [-0.4, -0.2) is 13.0 Å². The van der Waals surface area contributed by atoms with Crippen LogP contribution in [-0.2, 0) is 6.42 Å². The number of carbonyl (C=O) groups excluding carboxylic acids is 1. The molecule has 1 amide bonds. The Kier molecular flexibility index (Phi) is 4.55. The molecule has 0 fully saturated rings. The first kappa shape index (κ1) is 14.7. The second kappa shape index (κ2) is 6.18. The van der Waals surface area contributed by atoms with E-state index in [0.717, 1.165) is 12.1 Å². The van der Waals surface area contributed by atoms with Crippen LogP contribution >= 0.6 is 15.9 Å². The lowest BCUT2D eigenvalue weighted by Gasteiger charge is -2.18. The van der Waals surface area contributed by atoms with E-state index in [2.05, 4.69) is 22.9 Å². The molecule has 2 aromatic carbocycles. The highest BCUT2D eigenvalue weighted by atomic mass is 79.9. The Morgan fingerprint density at radius 1 is 1.20 bits per heavy atom. The molecule has 2 aromatic rings. The minimum atomic E-state index is -0.526. The SMILES string of the molecule is CCc1ccc(N(C)C(=O)c2ccc(Br)cc2F)cc1. The Labute approximate surface area is 126 Å². The van der Waals surface area contributed by atoms with E-state index in [1.54, 1.807) is 13.1 Å². The monoisotopic (exact) mass is 335 g/mol. The molecule has 0 unspecified atom stereocenters. The summed E-state index contributed by atoms with van der Waals surface area (Å²) in [7, 11) is 1.64. The molecule has 104 valence electrons. The van der Waals surface area contributed by atoms with Crippen LogP contribution in [0.2, 0.25) is 0 Å². The minimum Gasteiger partial charge on any atom is -0.311 e. The fourth-order valence-electron chi connectivity index (χ4n) is 1.92. The summed E-state index contributed by atoms with van der Waals surface area (Å²) in [5.74, 6) is -0.888. The molecular formula is C16H15BrFNO. The van der Waals surface area contributed by atoms with Crippen LogP contribution in [0.15, 0.2) is 46.9 Å². The van der Waals surface area contributed by atoms with Crippen molar-refractivity contribution in [3.05, 3.63) is 63.9 Å². The lowest BCUT2D eigenvalue weighted by atomic mass is 10.1. The Bertz CT molecular complexity index is 625. The van der Waals surface area contributed by atoms with Crippen molar-refractivity contribution in [2.45, 2.75) is 13.3 Å². The van der Waals surface area contributed by atoms with Gasteiger partial charge in [0.05, 0.1) is 5.56 Å². The van der Waals surface area contributed by atoms with Crippen molar-refractivity contribution in [1.29, 1.82) is 0 Å². The maximum Gasteiger partial charge on any atom is 0.260 e. The number of carbonyl (C=O) groups is 1. The molecule has 0 saturated carbocycles. The fourth-order valence-corrected chi connectivity index (χ4v) is 2.25. The van der Waals surface area contributed by atoms with Crippen molar-refractivity contribution >= 4 is 27.5 Å². The van der Waals surface area contributed by atoms with Gasteiger partial charge in [0.15, 0.2) is 0 Å². The largest absolute Gasteiger partial charge is 0.311 e. The molecule has 0 aliphatic carbocycles. The van der Waals surface area contributed by atoms with Gasteiger partial charge in [-0.15, -0.1) is 0 Å². The first-order chi connectivity index (χ1) is 9.52. The second-order valence-corrected chi connectivity index (χ2v) is 5.42. The number of aryl methyl sites for hydroxylation is 1. The molecular weight excluding hydrogens is 321 g/mol. The first-order valence-corrected chi connectivity index (χ1v) is 7.14. The van der Waals surface area contributed by atoms with Crippen molar-refractivity contribution < 1.29 is 9.18 Å². The van der Waals surface area contributed by atoms with E-state index in [4.69, 9.17) is 0 Å². The molecule has 2 nitrogen and oxygen atoms in total. The molecule has 0 spiro atoms. The molecule has 0 saturated heterocycles. The molecule has 4 heteroatoms. The molecule has 0 N–H and O–H groups in total. The Hall–Kier alpha value is -1.68. The molecule has 0 heterocycles. The Balaban J connectivity index is 2.27. The normalized spacial score (nSPS) is 10.4. The van der Waals surface area contributed by atoms with Crippen molar-refractivity contribution in [3.8, 4) is 0 Å². The summed E-state index contributed by atoms with van der Waals surface area (Å²) in [6, 6.07) is 12.1. The van der Waals surface area contributed by atoms with Gasteiger partial charge in [-0.2, -0.15) is 0 Å². The van der Waals surface area contributed by atoms with Gasteiger partial charge in [0.25, 0.3) is 5.91 Å². The summed E-state index contributed by atoms with van der Waals surface area (Å²) in [6.07, 6.45) is 0.944. The van der Waals surface area contributed by atoms with E-state index in [1.807, 2.05) is 24.3 Å². The quantitative estimate of drug-likeness (QED) is 0.812. The van der Waals surface area contributed by atoms with Gasteiger partial charge >= 0.3 is 0 Å². The van der Waals surface area contributed by atoms with E-state index in [0.29, 0.717) is 4.47 Å². The van der Waals surface area contributed by atoms with Crippen LogP contribution in [0.4, 0.5) is 10.1 Å². The van der Waals surface area contributed by atoms with Crippen molar-refractivity contribution in [1.82, 2.24) is 0 Å². The molecule has 0 aromatic heterocycles. The molecule has 0 atom stereocenters. The highest BCUT2D eigenvalue weighted by Crippen LogP contribution is 2.20. The average molecular weight is 336 g/mol. The van der Waals surface area contributed by atoms with Crippen molar-refractivity contribution in [2.24, 2.45) is 0 Å². The average Bonchev–Trinajstić information content (AvgIpc) is 2.46. The highest BCUT2D eigenvalue weighted by Gasteiger charge is 2.17. The summed E-state index contributed by atoms with van der Waals surface area (Å²) in [6.45, 7) is 2.07. The lowest BCUT2D eigenvalue weighted by molar-refractivity contribution is 0.0989. The molecule has 0 aliphatic rings. The maximum absolute atomic E-state index is 13.8. The molecule has 0 radical (unpaired) electrons. The van der Waals surface area contributed by atoms with Crippen LogP contribution in [0.5, 0.6) is 0 Å². The molecule has 20 heavy (non-hydrogen) atoms. The standard InChI is InChI=1S/C16H15BrFNO/c1-3-11-4-7-13(8-5-11)19(2)16(20)14-9-6-12(17)10-15(14)18/h4-10H,3H2,1-2H3. The number of hydrogen-bond acceptors (Lipinski definition) is 1. The predicted molar refractivity (Wildman–Crippen MR) is 82.7 cm³/mol. The predicted octanol–water partition coefficient (Wildman–Crippen LogP) is 4.43. The fraction of sp³-hybridized carbons (Fsp3) is 0.188. The minimum absolute atomic E-state index is 0.0651. The number of anilines is 1. The van der Waals surface area contributed by atoms with Crippen molar-refractivity contribution in [3.63, 3.8) is 0 Å². The van der Waals surface area contributed by atoms with Gasteiger partial charge in [-0.05, 0) is 42.3 Å². The molecule has 2 rings (SSSR count). The second-order valence-electron chi connectivity index (χ2n) is 4.51. The number of rotatable bonds is 3. The van der Waals surface area contributed by atoms with Crippen LogP contribution in [0.3, 0.4) is 0 Å². The third-order valence-electron chi connectivity index (χ3n) is 3.20. The van der Waals surface area contributed by atoms with Gasteiger partial charge in [0.2, 0.25) is 0 Å². The lowest BCUT2D eigenvalue weighted by Crippen LogP contribution is -2.27. The summed E-state index contributed by atoms with van der Waals surface area (Å²) in [5.41, 5.74) is 2.01. The topological polar surface area (TPSA) is 20.3 Å². The van der Waals surface area contributed by atoms with Gasteiger partial charge in [0.1, 0.15) is 5.82 Å². The van der Waals surface area contributed by atoms with E-state index in [9.17, 15) is 9.18 Å². The Morgan fingerprint density at radius 2 is 1.85 bits per heavy atom. The summed E-state index contributed by atoms with van der Waals surface area (Å²) in [5, 5.41) is 0. The van der Waals surface area contributed by atoms with Crippen molar-refractivity contribution in [2.75, 3.05) is 11.9 Å². The number of nitrogens with zero attached hydrogens (tertiary/aromatic N) is 1.